The monoisotopic (exact) mass is 218 g/mol. The summed E-state index contributed by atoms with van der Waals surface area (Å²) in [5, 5.41) is 1.58. The molecule has 0 amide bonds. The summed E-state index contributed by atoms with van der Waals surface area (Å²) >= 11 is 0. The van der Waals surface area contributed by atoms with Crippen molar-refractivity contribution < 1.29 is 0 Å². The summed E-state index contributed by atoms with van der Waals surface area (Å²) in [5.41, 5.74) is 2.97. The molecule has 0 saturated carbocycles. The molecule has 1 heteroatoms. The minimum absolute atomic E-state index is 0.811. The van der Waals surface area contributed by atoms with Crippen molar-refractivity contribution in [1.82, 2.24) is 0 Å². The fraction of sp³-hybridized carbons (Fsp3) is 0.429. The Hall–Kier alpha value is -0.823. The Bertz CT molecular complexity index is 318. The second kappa shape index (κ2) is 5.31. The van der Waals surface area contributed by atoms with Crippen LogP contribution in [-0.2, 0) is 0 Å². The first-order valence-corrected chi connectivity index (χ1v) is 7.70. The quantitative estimate of drug-likeness (QED) is 0.678. The molecular weight excluding hydrogens is 196 g/mol. The van der Waals surface area contributed by atoms with Crippen LogP contribution >= 0.6 is 0 Å². The highest BCUT2D eigenvalue weighted by Gasteiger charge is 2.22. The normalized spacial score (nSPS) is 11.4. The molecule has 15 heavy (non-hydrogen) atoms. The van der Waals surface area contributed by atoms with Crippen LogP contribution in [0.25, 0.3) is 6.08 Å². The van der Waals surface area contributed by atoms with Crippen molar-refractivity contribution in [1.29, 1.82) is 0 Å². The van der Waals surface area contributed by atoms with Crippen molar-refractivity contribution in [3.8, 4) is 0 Å². The summed E-state index contributed by atoms with van der Waals surface area (Å²) in [6, 6.07) is 8.75. The van der Waals surface area contributed by atoms with E-state index in [9.17, 15) is 0 Å². The first-order valence-electron chi connectivity index (χ1n) is 5.79. The van der Waals surface area contributed by atoms with Crippen LogP contribution in [0.2, 0.25) is 11.1 Å². The van der Waals surface area contributed by atoms with E-state index in [0.717, 1.165) is 11.1 Å². The zero-order chi connectivity index (χ0) is 11.4. The molecule has 0 fully saturated rings. The summed E-state index contributed by atoms with van der Waals surface area (Å²) in [5.74, 6) is 0. The van der Waals surface area contributed by atoms with E-state index in [1.807, 2.05) is 6.08 Å². The standard InChI is InChI=1S/C14H22Si/c1-6-13-9-7-8-10-14(13)15(11(2)3)12(4)5/h6-12,15H,1H2,2-5H3. The number of hydrogen-bond acceptors (Lipinski definition) is 0. The molecule has 0 spiro atoms. The maximum atomic E-state index is 3.91. The van der Waals surface area contributed by atoms with E-state index in [2.05, 4.69) is 58.5 Å². The Kier molecular flexibility index (Phi) is 4.34. The van der Waals surface area contributed by atoms with Crippen LogP contribution in [0.15, 0.2) is 30.8 Å². The van der Waals surface area contributed by atoms with Gasteiger partial charge in [-0.05, 0) is 16.6 Å². The Morgan fingerprint density at radius 1 is 1.07 bits per heavy atom. The van der Waals surface area contributed by atoms with Crippen LogP contribution in [-0.4, -0.2) is 8.80 Å². The zero-order valence-electron chi connectivity index (χ0n) is 10.3. The molecular formula is C14H22Si. The minimum atomic E-state index is -0.867. The van der Waals surface area contributed by atoms with Gasteiger partial charge in [0.2, 0.25) is 0 Å². The maximum Gasteiger partial charge on any atom is 0.0766 e. The van der Waals surface area contributed by atoms with Gasteiger partial charge in [-0.15, -0.1) is 0 Å². The first-order chi connectivity index (χ1) is 7.07. The lowest BCUT2D eigenvalue weighted by atomic mass is 10.2. The van der Waals surface area contributed by atoms with E-state index in [0.29, 0.717) is 0 Å². The molecule has 1 rings (SSSR count). The van der Waals surface area contributed by atoms with Crippen LogP contribution in [0.3, 0.4) is 0 Å². The maximum absolute atomic E-state index is 3.91. The third kappa shape index (κ3) is 2.82. The molecule has 1 aromatic carbocycles. The molecule has 0 nitrogen and oxygen atoms in total. The van der Waals surface area contributed by atoms with Gasteiger partial charge in [-0.3, -0.25) is 0 Å². The smallest absolute Gasteiger partial charge is 0.0766 e. The fourth-order valence-corrected chi connectivity index (χ4v) is 6.40. The summed E-state index contributed by atoms with van der Waals surface area (Å²) in [7, 11) is -0.867. The van der Waals surface area contributed by atoms with Gasteiger partial charge in [-0.2, -0.15) is 0 Å². The average molecular weight is 218 g/mol. The molecule has 0 atom stereocenters. The predicted molar refractivity (Wildman–Crippen MR) is 73.5 cm³/mol. The van der Waals surface area contributed by atoms with Gasteiger partial charge in [0.1, 0.15) is 0 Å². The molecule has 0 radical (unpaired) electrons. The van der Waals surface area contributed by atoms with Gasteiger partial charge in [0.15, 0.2) is 0 Å². The molecule has 0 aromatic heterocycles. The van der Waals surface area contributed by atoms with Crippen molar-refractivity contribution in [3.05, 3.63) is 36.4 Å². The van der Waals surface area contributed by atoms with Gasteiger partial charge in [-0.25, -0.2) is 0 Å². The van der Waals surface area contributed by atoms with E-state index in [4.69, 9.17) is 0 Å². The minimum Gasteiger partial charge on any atom is -0.0985 e. The van der Waals surface area contributed by atoms with E-state index in [1.165, 1.54) is 5.56 Å². The van der Waals surface area contributed by atoms with Crippen molar-refractivity contribution in [2.24, 2.45) is 0 Å². The Morgan fingerprint density at radius 2 is 1.60 bits per heavy atom. The Morgan fingerprint density at radius 3 is 2.07 bits per heavy atom. The van der Waals surface area contributed by atoms with Crippen molar-refractivity contribution in [2.75, 3.05) is 0 Å². The third-order valence-electron chi connectivity index (χ3n) is 3.01. The first kappa shape index (κ1) is 12.2. The van der Waals surface area contributed by atoms with E-state index >= 15 is 0 Å². The van der Waals surface area contributed by atoms with E-state index in [-0.39, 0.29) is 0 Å². The largest absolute Gasteiger partial charge is 0.0985 e. The predicted octanol–water partition coefficient (Wildman–Crippen LogP) is 3.58. The SMILES string of the molecule is C=Cc1ccccc1[SiH](C(C)C)C(C)C. The van der Waals surface area contributed by atoms with Gasteiger partial charge in [0, 0.05) is 0 Å². The average Bonchev–Trinajstić information content (AvgIpc) is 2.17. The fourth-order valence-electron chi connectivity index (χ4n) is 2.49. The molecule has 0 aliphatic carbocycles. The molecule has 0 aliphatic heterocycles. The summed E-state index contributed by atoms with van der Waals surface area (Å²) in [6.07, 6.45) is 2.00. The van der Waals surface area contributed by atoms with Crippen LogP contribution in [0.1, 0.15) is 33.3 Å². The molecule has 0 bridgehead atoms. The zero-order valence-corrected chi connectivity index (χ0v) is 11.5. The lowest BCUT2D eigenvalue weighted by Crippen LogP contribution is -2.37. The van der Waals surface area contributed by atoms with Gasteiger partial charge in [-0.1, -0.05) is 69.8 Å². The molecule has 0 heterocycles. The molecule has 0 unspecified atom stereocenters. The van der Waals surface area contributed by atoms with Gasteiger partial charge < -0.3 is 0 Å². The molecule has 0 N–H and O–H groups in total. The van der Waals surface area contributed by atoms with Crippen LogP contribution in [0.4, 0.5) is 0 Å². The summed E-state index contributed by atoms with van der Waals surface area (Å²) < 4.78 is 0. The Labute approximate surface area is 95.6 Å². The van der Waals surface area contributed by atoms with Crippen LogP contribution in [0, 0.1) is 0 Å². The highest BCUT2D eigenvalue weighted by Crippen LogP contribution is 2.21. The number of hydrogen-bond donors (Lipinski definition) is 0. The van der Waals surface area contributed by atoms with Crippen LogP contribution in [0.5, 0.6) is 0 Å². The van der Waals surface area contributed by atoms with Gasteiger partial charge in [0.25, 0.3) is 0 Å². The molecule has 0 saturated heterocycles. The number of rotatable bonds is 4. The summed E-state index contributed by atoms with van der Waals surface area (Å²) in [4.78, 5) is 0. The lowest BCUT2D eigenvalue weighted by Gasteiger charge is -2.25. The number of benzene rings is 1. The topological polar surface area (TPSA) is 0 Å². The van der Waals surface area contributed by atoms with Crippen LogP contribution < -0.4 is 5.19 Å². The van der Waals surface area contributed by atoms with Gasteiger partial charge in [0.05, 0.1) is 8.80 Å². The van der Waals surface area contributed by atoms with Gasteiger partial charge >= 0.3 is 0 Å². The summed E-state index contributed by atoms with van der Waals surface area (Å²) in [6.45, 7) is 13.3. The Balaban J connectivity index is 3.16. The highest BCUT2D eigenvalue weighted by atomic mass is 28.3. The van der Waals surface area contributed by atoms with Crippen molar-refractivity contribution in [3.63, 3.8) is 0 Å². The second-order valence-electron chi connectivity index (χ2n) is 4.85. The molecule has 82 valence electrons. The van der Waals surface area contributed by atoms with E-state index < -0.39 is 8.80 Å². The molecule has 1 aromatic rings. The van der Waals surface area contributed by atoms with Crippen molar-refractivity contribution >= 4 is 20.1 Å². The highest BCUT2D eigenvalue weighted by molar-refractivity contribution is 6.76. The third-order valence-corrected chi connectivity index (χ3v) is 7.13. The molecule has 0 aliphatic rings. The second-order valence-corrected chi connectivity index (χ2v) is 9.19. The lowest BCUT2D eigenvalue weighted by molar-refractivity contribution is 0.951. The van der Waals surface area contributed by atoms with E-state index in [1.54, 1.807) is 5.19 Å². The van der Waals surface area contributed by atoms with Crippen molar-refractivity contribution in [2.45, 2.75) is 38.8 Å².